The van der Waals surface area contributed by atoms with Crippen molar-refractivity contribution in [2.24, 2.45) is 0 Å². The summed E-state index contributed by atoms with van der Waals surface area (Å²) in [6, 6.07) is 10.5. The Labute approximate surface area is 90.3 Å². The molecule has 78 valence electrons. The van der Waals surface area contributed by atoms with Gasteiger partial charge in [0.25, 0.3) is 0 Å². The Balaban J connectivity index is 2.45. The molecule has 2 rings (SSSR count). The second-order valence-corrected chi connectivity index (χ2v) is 3.81. The summed E-state index contributed by atoms with van der Waals surface area (Å²) in [6.45, 7) is 5.11. The van der Waals surface area contributed by atoms with Gasteiger partial charge in [-0.05, 0) is 25.5 Å². The molecule has 0 aliphatic heterocycles. The van der Waals surface area contributed by atoms with Crippen molar-refractivity contribution in [3.05, 3.63) is 42.1 Å². The van der Waals surface area contributed by atoms with Crippen molar-refractivity contribution >= 4 is 5.82 Å². The zero-order chi connectivity index (χ0) is 10.8. The lowest BCUT2D eigenvalue weighted by molar-refractivity contribution is 0.780. The van der Waals surface area contributed by atoms with Crippen molar-refractivity contribution in [2.75, 3.05) is 5.73 Å². The van der Waals surface area contributed by atoms with E-state index in [1.54, 1.807) is 0 Å². The molecule has 0 saturated heterocycles. The fraction of sp³-hybridized carbons (Fsp3) is 0.231. The standard InChI is InChI=1S/C13H16N2/c1-3-15-9-12(8-13(15)14)11-6-4-5-10(2)7-11/h4-9H,3,14H2,1-2H3. The number of nitrogen functional groups attached to an aromatic ring is 1. The smallest absolute Gasteiger partial charge is 0.103 e. The number of hydrogen-bond acceptors (Lipinski definition) is 1. The van der Waals surface area contributed by atoms with Crippen LogP contribution in [0, 0.1) is 6.92 Å². The Morgan fingerprint density at radius 1 is 1.20 bits per heavy atom. The maximum atomic E-state index is 5.89. The molecule has 0 bridgehead atoms. The number of aromatic nitrogens is 1. The van der Waals surface area contributed by atoms with E-state index in [0.717, 1.165) is 12.4 Å². The highest BCUT2D eigenvalue weighted by Gasteiger charge is 2.03. The molecule has 0 radical (unpaired) electrons. The number of nitrogens with two attached hydrogens (primary N) is 1. The maximum absolute atomic E-state index is 5.89. The van der Waals surface area contributed by atoms with Crippen LogP contribution in [-0.2, 0) is 6.54 Å². The minimum Gasteiger partial charge on any atom is -0.385 e. The highest BCUT2D eigenvalue weighted by molar-refractivity contribution is 5.67. The van der Waals surface area contributed by atoms with Crippen LogP contribution in [-0.4, -0.2) is 4.57 Å². The Morgan fingerprint density at radius 3 is 2.60 bits per heavy atom. The fourth-order valence-corrected chi connectivity index (χ4v) is 1.78. The monoisotopic (exact) mass is 200 g/mol. The highest BCUT2D eigenvalue weighted by Crippen LogP contribution is 2.24. The van der Waals surface area contributed by atoms with Gasteiger partial charge in [0.05, 0.1) is 0 Å². The van der Waals surface area contributed by atoms with Crippen LogP contribution in [0.25, 0.3) is 11.1 Å². The van der Waals surface area contributed by atoms with Crippen molar-refractivity contribution in [3.63, 3.8) is 0 Å². The number of aryl methyl sites for hydroxylation is 2. The topological polar surface area (TPSA) is 30.9 Å². The number of hydrogen-bond donors (Lipinski definition) is 1. The third kappa shape index (κ3) is 1.89. The van der Waals surface area contributed by atoms with Gasteiger partial charge in [0.1, 0.15) is 5.82 Å². The molecule has 1 aromatic carbocycles. The lowest BCUT2D eigenvalue weighted by Crippen LogP contribution is -1.97. The summed E-state index contributed by atoms with van der Waals surface area (Å²) in [4.78, 5) is 0. The summed E-state index contributed by atoms with van der Waals surface area (Å²) < 4.78 is 2.05. The average molecular weight is 200 g/mol. The molecule has 0 saturated carbocycles. The zero-order valence-corrected chi connectivity index (χ0v) is 9.20. The molecule has 1 heterocycles. The van der Waals surface area contributed by atoms with Crippen LogP contribution >= 0.6 is 0 Å². The Kier molecular flexibility index (Phi) is 2.50. The molecule has 1 aromatic heterocycles. The van der Waals surface area contributed by atoms with Gasteiger partial charge in [0.2, 0.25) is 0 Å². The Morgan fingerprint density at radius 2 is 2.00 bits per heavy atom. The molecule has 0 unspecified atom stereocenters. The van der Waals surface area contributed by atoms with Gasteiger partial charge in [0.15, 0.2) is 0 Å². The summed E-state index contributed by atoms with van der Waals surface area (Å²) in [6.07, 6.45) is 2.10. The van der Waals surface area contributed by atoms with E-state index in [1.165, 1.54) is 16.7 Å². The predicted molar refractivity (Wildman–Crippen MR) is 64.7 cm³/mol. The van der Waals surface area contributed by atoms with Crippen molar-refractivity contribution in [1.82, 2.24) is 4.57 Å². The largest absolute Gasteiger partial charge is 0.385 e. The number of nitrogens with zero attached hydrogens (tertiary/aromatic N) is 1. The lowest BCUT2D eigenvalue weighted by Gasteiger charge is -1.99. The molecule has 0 fully saturated rings. The third-order valence-electron chi connectivity index (χ3n) is 2.62. The molecule has 0 atom stereocenters. The molecule has 0 aliphatic carbocycles. The SMILES string of the molecule is CCn1cc(-c2cccc(C)c2)cc1N. The van der Waals surface area contributed by atoms with E-state index in [2.05, 4.69) is 48.9 Å². The van der Waals surface area contributed by atoms with Crippen LogP contribution in [0.5, 0.6) is 0 Å². The summed E-state index contributed by atoms with van der Waals surface area (Å²) in [5, 5.41) is 0. The summed E-state index contributed by atoms with van der Waals surface area (Å²) in [5.74, 6) is 0.828. The quantitative estimate of drug-likeness (QED) is 0.793. The van der Waals surface area contributed by atoms with Crippen molar-refractivity contribution < 1.29 is 0 Å². The first-order valence-electron chi connectivity index (χ1n) is 5.23. The molecule has 2 N–H and O–H groups in total. The van der Waals surface area contributed by atoms with Gasteiger partial charge in [-0.2, -0.15) is 0 Å². The Bertz CT molecular complexity index is 469. The molecule has 2 heteroatoms. The minimum absolute atomic E-state index is 0.828. The van der Waals surface area contributed by atoms with Gasteiger partial charge in [-0.15, -0.1) is 0 Å². The molecular weight excluding hydrogens is 184 g/mol. The van der Waals surface area contributed by atoms with E-state index >= 15 is 0 Å². The Hall–Kier alpha value is -1.70. The van der Waals surface area contributed by atoms with Crippen molar-refractivity contribution in [3.8, 4) is 11.1 Å². The molecule has 0 spiro atoms. The van der Waals surface area contributed by atoms with E-state index in [1.807, 2.05) is 6.07 Å². The molecule has 0 aliphatic rings. The molecule has 2 nitrogen and oxygen atoms in total. The van der Waals surface area contributed by atoms with Crippen LogP contribution in [0.15, 0.2) is 36.5 Å². The van der Waals surface area contributed by atoms with Crippen molar-refractivity contribution in [1.29, 1.82) is 0 Å². The number of rotatable bonds is 2. The first-order valence-corrected chi connectivity index (χ1v) is 5.23. The molecule has 0 amide bonds. The first-order chi connectivity index (χ1) is 7.20. The maximum Gasteiger partial charge on any atom is 0.103 e. The highest BCUT2D eigenvalue weighted by atomic mass is 15.0. The average Bonchev–Trinajstić information content (AvgIpc) is 2.60. The number of benzene rings is 1. The van der Waals surface area contributed by atoms with Gasteiger partial charge in [-0.25, -0.2) is 0 Å². The molecule has 2 aromatic rings. The van der Waals surface area contributed by atoms with E-state index < -0.39 is 0 Å². The van der Waals surface area contributed by atoms with Crippen LogP contribution in [0.3, 0.4) is 0 Å². The number of anilines is 1. The predicted octanol–water partition coefficient (Wildman–Crippen LogP) is 3.07. The fourth-order valence-electron chi connectivity index (χ4n) is 1.78. The van der Waals surface area contributed by atoms with Gasteiger partial charge >= 0.3 is 0 Å². The first kappa shape index (κ1) is 9.84. The minimum atomic E-state index is 0.828. The van der Waals surface area contributed by atoms with Crippen LogP contribution in [0.2, 0.25) is 0 Å². The van der Waals surface area contributed by atoms with Crippen LogP contribution in [0.1, 0.15) is 12.5 Å². The van der Waals surface area contributed by atoms with Gasteiger partial charge in [-0.3, -0.25) is 0 Å². The second kappa shape index (κ2) is 3.81. The second-order valence-electron chi connectivity index (χ2n) is 3.81. The third-order valence-corrected chi connectivity index (χ3v) is 2.62. The lowest BCUT2D eigenvalue weighted by atomic mass is 10.1. The summed E-state index contributed by atoms with van der Waals surface area (Å²) >= 11 is 0. The van der Waals surface area contributed by atoms with E-state index in [4.69, 9.17) is 5.73 Å². The van der Waals surface area contributed by atoms with Crippen LogP contribution < -0.4 is 5.73 Å². The van der Waals surface area contributed by atoms with Gasteiger partial charge < -0.3 is 10.3 Å². The molecule has 15 heavy (non-hydrogen) atoms. The normalized spacial score (nSPS) is 10.5. The summed E-state index contributed by atoms with van der Waals surface area (Å²) in [5.41, 5.74) is 9.59. The molecular formula is C13H16N2. The van der Waals surface area contributed by atoms with E-state index in [-0.39, 0.29) is 0 Å². The van der Waals surface area contributed by atoms with E-state index in [0.29, 0.717) is 0 Å². The van der Waals surface area contributed by atoms with E-state index in [9.17, 15) is 0 Å². The zero-order valence-electron chi connectivity index (χ0n) is 9.20. The summed E-state index contributed by atoms with van der Waals surface area (Å²) in [7, 11) is 0. The van der Waals surface area contributed by atoms with Crippen molar-refractivity contribution in [2.45, 2.75) is 20.4 Å². The van der Waals surface area contributed by atoms with Gasteiger partial charge in [0, 0.05) is 18.3 Å². The van der Waals surface area contributed by atoms with Gasteiger partial charge in [-0.1, -0.05) is 29.8 Å². The van der Waals surface area contributed by atoms with Crippen LogP contribution in [0.4, 0.5) is 5.82 Å².